The van der Waals surface area contributed by atoms with Crippen LogP contribution in [-0.4, -0.2) is 23.3 Å². The van der Waals surface area contributed by atoms with Crippen LogP contribution in [-0.2, 0) is 6.42 Å². The van der Waals surface area contributed by atoms with Crippen LogP contribution in [0.4, 0.5) is 0 Å². The van der Waals surface area contributed by atoms with Gasteiger partial charge in [-0.05, 0) is 50.4 Å². The van der Waals surface area contributed by atoms with Crippen molar-refractivity contribution in [3.8, 4) is 0 Å². The molecule has 0 amide bonds. The Balaban J connectivity index is 1.91. The third-order valence-corrected chi connectivity index (χ3v) is 4.13. The fraction of sp³-hybridized carbons (Fsp3) is 0.600. The molecule has 1 aliphatic heterocycles. The summed E-state index contributed by atoms with van der Waals surface area (Å²) in [6.07, 6.45) is 5.30. The van der Waals surface area contributed by atoms with E-state index in [0.717, 1.165) is 23.9 Å². The molecule has 2 atom stereocenters. The third-order valence-electron chi connectivity index (χ3n) is 3.60. The van der Waals surface area contributed by atoms with Gasteiger partial charge in [0.25, 0.3) is 0 Å². The number of hydrogen-bond donors (Lipinski definition) is 2. The zero-order chi connectivity index (χ0) is 13.0. The van der Waals surface area contributed by atoms with Crippen LogP contribution in [0, 0.1) is 0 Å². The molecule has 1 heterocycles. The van der Waals surface area contributed by atoms with E-state index in [0.29, 0.717) is 6.04 Å². The summed E-state index contributed by atoms with van der Waals surface area (Å²) in [4.78, 5) is 0. The molecule has 18 heavy (non-hydrogen) atoms. The van der Waals surface area contributed by atoms with E-state index in [1.165, 1.54) is 24.8 Å². The third kappa shape index (κ3) is 4.38. The highest BCUT2D eigenvalue weighted by atomic mass is 79.9. The first-order valence-electron chi connectivity index (χ1n) is 6.75. The Hall–Kier alpha value is -0.380. The maximum absolute atomic E-state index is 10.5. The van der Waals surface area contributed by atoms with Crippen molar-refractivity contribution in [2.24, 2.45) is 0 Å². The van der Waals surface area contributed by atoms with Crippen LogP contribution < -0.4 is 5.32 Å². The highest BCUT2D eigenvalue weighted by molar-refractivity contribution is 9.10. The average molecular weight is 312 g/mol. The molecule has 0 bridgehead atoms. The normalized spacial score (nSPS) is 23.6. The van der Waals surface area contributed by atoms with Crippen LogP contribution in [0.3, 0.4) is 0 Å². The lowest BCUT2D eigenvalue weighted by atomic mass is 9.87. The number of piperidine rings is 1. The first kappa shape index (κ1) is 14.0. The monoisotopic (exact) mass is 311 g/mol. The quantitative estimate of drug-likeness (QED) is 0.894. The zero-order valence-corrected chi connectivity index (χ0v) is 12.5. The van der Waals surface area contributed by atoms with Crippen molar-refractivity contribution in [2.75, 3.05) is 6.54 Å². The van der Waals surface area contributed by atoms with Gasteiger partial charge >= 0.3 is 0 Å². The van der Waals surface area contributed by atoms with E-state index >= 15 is 0 Å². The maximum Gasteiger partial charge on any atom is 0.0674 e. The minimum absolute atomic E-state index is 0.476. The lowest BCUT2D eigenvalue weighted by molar-refractivity contribution is 0.0371. The summed E-state index contributed by atoms with van der Waals surface area (Å²) in [7, 11) is 0. The topological polar surface area (TPSA) is 32.3 Å². The lowest BCUT2D eigenvalue weighted by Gasteiger charge is -2.31. The highest BCUT2D eigenvalue weighted by Crippen LogP contribution is 2.23. The molecular weight excluding hydrogens is 290 g/mol. The molecule has 2 N–H and O–H groups in total. The van der Waals surface area contributed by atoms with Crippen LogP contribution in [0.5, 0.6) is 0 Å². The number of halogens is 1. The Labute approximate surface area is 118 Å². The predicted octanol–water partition coefficient (Wildman–Crippen LogP) is 3.27. The van der Waals surface area contributed by atoms with E-state index in [-0.39, 0.29) is 0 Å². The summed E-state index contributed by atoms with van der Waals surface area (Å²) >= 11 is 3.43. The van der Waals surface area contributed by atoms with Gasteiger partial charge in [-0.15, -0.1) is 0 Å². The van der Waals surface area contributed by atoms with E-state index in [9.17, 15) is 5.11 Å². The van der Waals surface area contributed by atoms with Gasteiger partial charge in [-0.2, -0.15) is 0 Å². The van der Waals surface area contributed by atoms with Gasteiger partial charge in [-0.3, -0.25) is 0 Å². The molecule has 2 rings (SSSR count). The Morgan fingerprint density at radius 3 is 2.67 bits per heavy atom. The van der Waals surface area contributed by atoms with Gasteiger partial charge in [0, 0.05) is 16.9 Å². The first-order chi connectivity index (χ1) is 8.55. The summed E-state index contributed by atoms with van der Waals surface area (Å²) in [5.41, 5.74) is 0.571. The molecular formula is C15H22BrNO. The van der Waals surface area contributed by atoms with Crippen LogP contribution in [0.15, 0.2) is 28.7 Å². The number of aliphatic hydroxyl groups is 1. The number of hydrogen-bond acceptors (Lipinski definition) is 2. The predicted molar refractivity (Wildman–Crippen MR) is 78.7 cm³/mol. The SMILES string of the molecule is CC(O)(Cc1ccc(Br)cc1)CC1CCCCN1. The van der Waals surface area contributed by atoms with Crippen molar-refractivity contribution in [3.63, 3.8) is 0 Å². The van der Waals surface area contributed by atoms with Crippen molar-refractivity contribution < 1.29 is 5.11 Å². The van der Waals surface area contributed by atoms with Crippen LogP contribution in [0.2, 0.25) is 0 Å². The summed E-state index contributed by atoms with van der Waals surface area (Å²) in [6, 6.07) is 8.69. The van der Waals surface area contributed by atoms with E-state index in [1.54, 1.807) is 0 Å². The van der Waals surface area contributed by atoms with Gasteiger partial charge in [-0.25, -0.2) is 0 Å². The summed E-state index contributed by atoms with van der Waals surface area (Å²) < 4.78 is 1.08. The molecule has 0 aliphatic carbocycles. The number of nitrogens with one attached hydrogen (secondary N) is 1. The molecule has 0 saturated carbocycles. The Bertz CT molecular complexity index is 369. The minimum Gasteiger partial charge on any atom is -0.390 e. The zero-order valence-electron chi connectivity index (χ0n) is 11.0. The molecule has 1 fully saturated rings. The average Bonchev–Trinajstić information content (AvgIpc) is 2.32. The molecule has 1 aromatic carbocycles. The van der Waals surface area contributed by atoms with Gasteiger partial charge in [0.1, 0.15) is 0 Å². The molecule has 0 aromatic heterocycles. The van der Waals surface area contributed by atoms with E-state index in [1.807, 2.05) is 19.1 Å². The summed E-state index contributed by atoms with van der Waals surface area (Å²) in [6.45, 7) is 3.05. The highest BCUT2D eigenvalue weighted by Gasteiger charge is 2.26. The van der Waals surface area contributed by atoms with Gasteiger partial charge in [0.05, 0.1) is 5.60 Å². The van der Waals surface area contributed by atoms with Crippen molar-refractivity contribution in [1.29, 1.82) is 0 Å². The minimum atomic E-state index is -0.622. The Kier molecular flexibility index (Phi) is 4.82. The fourth-order valence-electron chi connectivity index (χ4n) is 2.74. The second-order valence-electron chi connectivity index (χ2n) is 5.65. The van der Waals surface area contributed by atoms with E-state index in [4.69, 9.17) is 0 Å². The van der Waals surface area contributed by atoms with Gasteiger partial charge in [-0.1, -0.05) is 34.5 Å². The molecule has 2 unspecified atom stereocenters. The van der Waals surface area contributed by atoms with Crippen LogP contribution in [0.1, 0.15) is 38.2 Å². The molecule has 3 heteroatoms. The Morgan fingerprint density at radius 1 is 1.33 bits per heavy atom. The summed E-state index contributed by atoms with van der Waals surface area (Å²) in [5, 5.41) is 14.0. The van der Waals surface area contributed by atoms with Crippen molar-refractivity contribution >= 4 is 15.9 Å². The first-order valence-corrected chi connectivity index (χ1v) is 7.55. The van der Waals surface area contributed by atoms with Crippen molar-refractivity contribution in [1.82, 2.24) is 5.32 Å². The molecule has 0 radical (unpaired) electrons. The number of benzene rings is 1. The molecule has 1 aliphatic rings. The molecule has 1 saturated heterocycles. The van der Waals surface area contributed by atoms with Gasteiger partial charge in [0.2, 0.25) is 0 Å². The summed E-state index contributed by atoms with van der Waals surface area (Å²) in [5.74, 6) is 0. The second kappa shape index (κ2) is 6.18. The molecule has 100 valence electrons. The number of rotatable bonds is 4. The van der Waals surface area contributed by atoms with Gasteiger partial charge in [0.15, 0.2) is 0 Å². The van der Waals surface area contributed by atoms with Crippen molar-refractivity contribution in [3.05, 3.63) is 34.3 Å². The largest absolute Gasteiger partial charge is 0.390 e. The second-order valence-corrected chi connectivity index (χ2v) is 6.57. The van der Waals surface area contributed by atoms with Crippen molar-refractivity contribution in [2.45, 2.75) is 50.7 Å². The standard InChI is InChI=1S/C15H22BrNO/c1-15(18,11-14-4-2-3-9-17-14)10-12-5-7-13(16)8-6-12/h5-8,14,17-18H,2-4,9-11H2,1H3. The van der Waals surface area contributed by atoms with Crippen LogP contribution >= 0.6 is 15.9 Å². The molecule has 2 nitrogen and oxygen atoms in total. The fourth-order valence-corrected chi connectivity index (χ4v) is 3.01. The smallest absolute Gasteiger partial charge is 0.0674 e. The van der Waals surface area contributed by atoms with Crippen LogP contribution in [0.25, 0.3) is 0 Å². The Morgan fingerprint density at radius 2 is 2.06 bits per heavy atom. The molecule has 1 aromatic rings. The van der Waals surface area contributed by atoms with E-state index < -0.39 is 5.60 Å². The van der Waals surface area contributed by atoms with E-state index in [2.05, 4.69) is 33.4 Å². The van der Waals surface area contributed by atoms with Gasteiger partial charge < -0.3 is 10.4 Å². The lowest BCUT2D eigenvalue weighted by Crippen LogP contribution is -2.41. The molecule has 0 spiro atoms. The maximum atomic E-state index is 10.5.